The molecule has 2 rings (SSSR count). The van der Waals surface area contributed by atoms with Gasteiger partial charge >= 0.3 is 0 Å². The van der Waals surface area contributed by atoms with Crippen molar-refractivity contribution in [1.29, 1.82) is 0 Å². The van der Waals surface area contributed by atoms with Gasteiger partial charge in [-0.25, -0.2) is 0 Å². The molecule has 7 heteroatoms. The molecule has 0 unspecified atom stereocenters. The van der Waals surface area contributed by atoms with Gasteiger partial charge in [-0.3, -0.25) is 25.2 Å². The molecule has 0 spiro atoms. The van der Waals surface area contributed by atoms with Gasteiger partial charge in [-0.2, -0.15) is 0 Å². The van der Waals surface area contributed by atoms with E-state index in [-0.39, 0.29) is 30.6 Å². The van der Waals surface area contributed by atoms with Crippen LogP contribution in [-0.2, 0) is 20.9 Å². The van der Waals surface area contributed by atoms with Gasteiger partial charge in [0.05, 0.1) is 7.11 Å². The number of amides is 3. The van der Waals surface area contributed by atoms with Crippen LogP contribution in [0.3, 0.4) is 0 Å². The average molecular weight is 291 g/mol. The molecule has 112 valence electrons. The van der Waals surface area contributed by atoms with E-state index < -0.39 is 5.92 Å². The van der Waals surface area contributed by atoms with Crippen molar-refractivity contribution in [3.05, 3.63) is 29.8 Å². The monoisotopic (exact) mass is 291 g/mol. The van der Waals surface area contributed by atoms with Crippen LogP contribution >= 0.6 is 0 Å². The van der Waals surface area contributed by atoms with Gasteiger partial charge in [0.1, 0.15) is 11.7 Å². The molecular weight excluding hydrogens is 274 g/mol. The fourth-order valence-electron chi connectivity index (χ4n) is 1.99. The van der Waals surface area contributed by atoms with Gasteiger partial charge in [0, 0.05) is 13.0 Å². The third kappa shape index (κ3) is 3.95. The second-order valence-corrected chi connectivity index (χ2v) is 4.69. The summed E-state index contributed by atoms with van der Waals surface area (Å²) in [5.74, 6) is -0.996. The zero-order valence-corrected chi connectivity index (χ0v) is 11.6. The molecule has 1 heterocycles. The van der Waals surface area contributed by atoms with E-state index in [0.29, 0.717) is 6.54 Å². The molecular formula is C14H17N3O4. The molecule has 0 bridgehead atoms. The van der Waals surface area contributed by atoms with Crippen molar-refractivity contribution in [1.82, 2.24) is 16.2 Å². The fraction of sp³-hybridized carbons (Fsp3) is 0.357. The molecule has 1 aromatic carbocycles. The Bertz CT molecular complexity index is 526. The molecule has 1 saturated heterocycles. The number of ether oxygens (including phenoxy) is 1. The highest BCUT2D eigenvalue weighted by Gasteiger charge is 2.32. The second kappa shape index (κ2) is 6.74. The highest BCUT2D eigenvalue weighted by Crippen LogP contribution is 2.12. The minimum atomic E-state index is -0.781. The maximum absolute atomic E-state index is 11.7. The van der Waals surface area contributed by atoms with E-state index in [1.165, 1.54) is 0 Å². The molecule has 3 amide bonds. The number of hydrogen-bond acceptors (Lipinski definition) is 4. The predicted molar refractivity (Wildman–Crippen MR) is 73.9 cm³/mol. The van der Waals surface area contributed by atoms with Crippen molar-refractivity contribution >= 4 is 17.7 Å². The lowest BCUT2D eigenvalue weighted by Crippen LogP contribution is -2.28. The first-order valence-electron chi connectivity index (χ1n) is 6.59. The van der Waals surface area contributed by atoms with Crippen molar-refractivity contribution in [3.63, 3.8) is 0 Å². The smallest absolute Gasteiger partial charge is 0.251 e. The molecule has 0 radical (unpaired) electrons. The Hall–Kier alpha value is -2.57. The molecule has 3 N–H and O–H groups in total. The maximum Gasteiger partial charge on any atom is 0.251 e. The molecule has 21 heavy (non-hydrogen) atoms. The maximum atomic E-state index is 11.7. The molecule has 0 saturated carbocycles. The third-order valence-electron chi connectivity index (χ3n) is 3.25. The van der Waals surface area contributed by atoms with Gasteiger partial charge in [0.25, 0.3) is 11.8 Å². The van der Waals surface area contributed by atoms with Crippen LogP contribution in [0.5, 0.6) is 5.75 Å². The second-order valence-electron chi connectivity index (χ2n) is 4.69. The van der Waals surface area contributed by atoms with Gasteiger partial charge in [-0.1, -0.05) is 12.1 Å². The number of methoxy groups -OCH3 is 1. The molecule has 0 aromatic heterocycles. The van der Waals surface area contributed by atoms with Crippen LogP contribution in [0, 0.1) is 5.92 Å². The predicted octanol–water partition coefficient (Wildman–Crippen LogP) is -0.131. The molecule has 1 fully saturated rings. The zero-order valence-electron chi connectivity index (χ0n) is 11.6. The molecule has 1 aliphatic heterocycles. The van der Waals surface area contributed by atoms with E-state index in [1.54, 1.807) is 7.11 Å². The summed E-state index contributed by atoms with van der Waals surface area (Å²) in [7, 11) is 1.59. The van der Waals surface area contributed by atoms with E-state index in [1.807, 2.05) is 24.3 Å². The standard InChI is InChI=1S/C14H17N3O4/c1-21-10-4-2-9(3-5-10)8-15-12(18)7-6-11-13(19)16-17-14(11)20/h2-5,11H,6-8H2,1H3,(H,15,18)(H,16,19)(H,17,20). The highest BCUT2D eigenvalue weighted by molar-refractivity contribution is 6.05. The number of nitrogens with one attached hydrogen (secondary N) is 3. The first-order valence-corrected chi connectivity index (χ1v) is 6.59. The van der Waals surface area contributed by atoms with E-state index in [0.717, 1.165) is 11.3 Å². The Kier molecular flexibility index (Phi) is 4.76. The van der Waals surface area contributed by atoms with Crippen molar-refractivity contribution in [2.45, 2.75) is 19.4 Å². The minimum Gasteiger partial charge on any atom is -0.497 e. The highest BCUT2D eigenvalue weighted by atomic mass is 16.5. The Morgan fingerprint density at radius 1 is 1.19 bits per heavy atom. The van der Waals surface area contributed by atoms with Crippen LogP contribution in [0.2, 0.25) is 0 Å². The number of benzene rings is 1. The lowest BCUT2D eigenvalue weighted by Gasteiger charge is -2.07. The van der Waals surface area contributed by atoms with Gasteiger partial charge in [0.2, 0.25) is 5.91 Å². The van der Waals surface area contributed by atoms with E-state index in [4.69, 9.17) is 4.74 Å². The van der Waals surface area contributed by atoms with Gasteiger partial charge < -0.3 is 10.1 Å². The number of hydrogen-bond donors (Lipinski definition) is 3. The molecule has 7 nitrogen and oxygen atoms in total. The average Bonchev–Trinajstić information content (AvgIpc) is 2.82. The Labute approximate surface area is 122 Å². The van der Waals surface area contributed by atoms with Crippen molar-refractivity contribution in [2.24, 2.45) is 5.92 Å². The molecule has 1 aliphatic rings. The van der Waals surface area contributed by atoms with Crippen LogP contribution in [0.25, 0.3) is 0 Å². The van der Waals surface area contributed by atoms with E-state index >= 15 is 0 Å². The summed E-state index contributed by atoms with van der Waals surface area (Å²) >= 11 is 0. The molecule has 0 atom stereocenters. The summed E-state index contributed by atoms with van der Waals surface area (Å²) in [5.41, 5.74) is 5.40. The van der Waals surface area contributed by atoms with E-state index in [9.17, 15) is 14.4 Å². The molecule has 1 aromatic rings. The summed E-state index contributed by atoms with van der Waals surface area (Å²) in [6, 6.07) is 7.34. The summed E-state index contributed by atoms with van der Waals surface area (Å²) in [4.78, 5) is 34.3. The summed E-state index contributed by atoms with van der Waals surface area (Å²) in [6.07, 6.45) is 0.327. The Morgan fingerprint density at radius 2 is 1.81 bits per heavy atom. The van der Waals surface area contributed by atoms with Gasteiger partial charge in [-0.05, 0) is 24.1 Å². The lowest BCUT2D eigenvalue weighted by molar-refractivity contribution is -0.128. The normalized spacial score (nSPS) is 14.5. The molecule has 0 aliphatic carbocycles. The number of rotatable bonds is 6. The SMILES string of the molecule is COc1ccc(CNC(=O)CCC2C(=O)NNC2=O)cc1. The number of hydrazine groups is 1. The van der Waals surface area contributed by atoms with Crippen LogP contribution < -0.4 is 20.9 Å². The first-order chi connectivity index (χ1) is 10.1. The van der Waals surface area contributed by atoms with Crippen molar-refractivity contribution < 1.29 is 19.1 Å². The zero-order chi connectivity index (χ0) is 15.2. The van der Waals surface area contributed by atoms with Crippen LogP contribution in [0.15, 0.2) is 24.3 Å². The summed E-state index contributed by atoms with van der Waals surface area (Å²) < 4.78 is 5.05. The lowest BCUT2D eigenvalue weighted by atomic mass is 10.0. The fourth-order valence-corrected chi connectivity index (χ4v) is 1.99. The number of carbonyl (C=O) groups is 3. The minimum absolute atomic E-state index is 0.127. The largest absolute Gasteiger partial charge is 0.497 e. The van der Waals surface area contributed by atoms with Gasteiger partial charge in [0.15, 0.2) is 0 Å². The topological polar surface area (TPSA) is 96.5 Å². The van der Waals surface area contributed by atoms with Crippen LogP contribution in [0.4, 0.5) is 0 Å². The van der Waals surface area contributed by atoms with Crippen LogP contribution in [-0.4, -0.2) is 24.8 Å². The summed E-state index contributed by atoms with van der Waals surface area (Å²) in [6.45, 7) is 0.395. The van der Waals surface area contributed by atoms with Gasteiger partial charge in [-0.15, -0.1) is 0 Å². The Morgan fingerprint density at radius 3 is 2.38 bits per heavy atom. The quantitative estimate of drug-likeness (QED) is 0.636. The number of carbonyl (C=O) groups excluding carboxylic acids is 3. The third-order valence-corrected chi connectivity index (χ3v) is 3.25. The van der Waals surface area contributed by atoms with E-state index in [2.05, 4.69) is 16.2 Å². The first kappa shape index (κ1) is 14.8. The van der Waals surface area contributed by atoms with Crippen molar-refractivity contribution in [3.8, 4) is 5.75 Å². The Balaban J connectivity index is 1.74. The van der Waals surface area contributed by atoms with Crippen LogP contribution in [0.1, 0.15) is 18.4 Å². The summed E-state index contributed by atoms with van der Waals surface area (Å²) in [5, 5.41) is 2.75. The van der Waals surface area contributed by atoms with Crippen molar-refractivity contribution in [2.75, 3.05) is 7.11 Å².